The van der Waals surface area contributed by atoms with Gasteiger partial charge in [-0.1, -0.05) is 19.9 Å². The molecule has 2 N–H and O–H groups in total. The molecule has 0 spiro atoms. The molecule has 0 fully saturated rings. The van der Waals surface area contributed by atoms with Crippen molar-refractivity contribution in [1.29, 1.82) is 0 Å². The van der Waals surface area contributed by atoms with Crippen molar-refractivity contribution in [2.24, 2.45) is 11.7 Å². The number of hydrogen-bond donors (Lipinski definition) is 1. The van der Waals surface area contributed by atoms with Gasteiger partial charge in [-0.25, -0.2) is 4.39 Å². The Labute approximate surface area is 97.6 Å². The van der Waals surface area contributed by atoms with E-state index in [-0.39, 0.29) is 11.8 Å². The minimum atomic E-state index is -4.65. The molecule has 1 aromatic carbocycles. The van der Waals surface area contributed by atoms with Crippen LogP contribution < -0.4 is 5.73 Å². The van der Waals surface area contributed by atoms with E-state index in [0.717, 1.165) is 12.1 Å². The Hall–Kier alpha value is -1.10. The number of hydrogen-bond acceptors (Lipinski definition) is 1. The van der Waals surface area contributed by atoms with Crippen LogP contribution in [0, 0.1) is 11.7 Å². The molecule has 0 saturated carbocycles. The summed E-state index contributed by atoms with van der Waals surface area (Å²) in [7, 11) is 0. The molecule has 0 saturated heterocycles. The number of alkyl halides is 3. The van der Waals surface area contributed by atoms with Crippen LogP contribution in [0.2, 0.25) is 0 Å². The molecule has 0 aliphatic rings. The van der Waals surface area contributed by atoms with Gasteiger partial charge in [0.15, 0.2) is 0 Å². The second-order valence-electron chi connectivity index (χ2n) is 4.24. The van der Waals surface area contributed by atoms with Crippen molar-refractivity contribution in [2.75, 3.05) is 6.54 Å². The summed E-state index contributed by atoms with van der Waals surface area (Å²) in [5.41, 5.74) is 4.78. The highest BCUT2D eigenvalue weighted by molar-refractivity contribution is 5.28. The van der Waals surface area contributed by atoms with E-state index in [2.05, 4.69) is 0 Å². The van der Waals surface area contributed by atoms with Gasteiger partial charge in [0.2, 0.25) is 0 Å². The van der Waals surface area contributed by atoms with Crippen molar-refractivity contribution >= 4 is 0 Å². The minimum Gasteiger partial charge on any atom is -0.330 e. The van der Waals surface area contributed by atoms with Crippen molar-refractivity contribution in [3.05, 3.63) is 35.1 Å². The predicted octanol–water partition coefficient (Wildman–Crippen LogP) is 3.54. The van der Waals surface area contributed by atoms with E-state index in [9.17, 15) is 17.6 Å². The SMILES string of the molecule is CC(CN)C(C)c1ccc(C(F)(F)F)c(F)c1. The maximum atomic E-state index is 13.3. The summed E-state index contributed by atoms with van der Waals surface area (Å²) in [6.07, 6.45) is -4.65. The summed E-state index contributed by atoms with van der Waals surface area (Å²) in [5.74, 6) is -1.21. The Balaban J connectivity index is 3.05. The molecule has 17 heavy (non-hydrogen) atoms. The van der Waals surface area contributed by atoms with Gasteiger partial charge in [0.1, 0.15) is 5.82 Å². The lowest BCUT2D eigenvalue weighted by Gasteiger charge is -2.19. The van der Waals surface area contributed by atoms with Gasteiger partial charge in [-0.2, -0.15) is 13.2 Å². The molecule has 96 valence electrons. The normalized spacial score (nSPS) is 15.7. The lowest BCUT2D eigenvalue weighted by atomic mass is 9.88. The van der Waals surface area contributed by atoms with Crippen molar-refractivity contribution in [2.45, 2.75) is 25.9 Å². The molecule has 0 bridgehead atoms. The standard InChI is InChI=1S/C12H15F4N/c1-7(6-17)8(2)9-3-4-10(11(13)5-9)12(14,15)16/h3-5,7-8H,6,17H2,1-2H3. The second kappa shape index (κ2) is 5.04. The van der Waals surface area contributed by atoms with Crippen molar-refractivity contribution in [3.8, 4) is 0 Å². The van der Waals surface area contributed by atoms with Crippen LogP contribution in [0.1, 0.15) is 30.9 Å². The molecule has 0 aliphatic carbocycles. The summed E-state index contributed by atoms with van der Waals surface area (Å²) in [4.78, 5) is 0. The highest BCUT2D eigenvalue weighted by atomic mass is 19.4. The van der Waals surface area contributed by atoms with Crippen LogP contribution in [0.5, 0.6) is 0 Å². The van der Waals surface area contributed by atoms with Crippen molar-refractivity contribution in [1.82, 2.24) is 0 Å². The van der Waals surface area contributed by atoms with Crippen LogP contribution in [0.3, 0.4) is 0 Å². The highest BCUT2D eigenvalue weighted by Gasteiger charge is 2.34. The third kappa shape index (κ3) is 3.19. The van der Waals surface area contributed by atoms with Gasteiger partial charge in [-0.15, -0.1) is 0 Å². The zero-order chi connectivity index (χ0) is 13.2. The topological polar surface area (TPSA) is 26.0 Å². The monoisotopic (exact) mass is 249 g/mol. The summed E-state index contributed by atoms with van der Waals surface area (Å²) in [5, 5.41) is 0. The van der Waals surface area contributed by atoms with E-state index >= 15 is 0 Å². The molecule has 2 atom stereocenters. The molecule has 0 aliphatic heterocycles. The van der Waals surface area contributed by atoms with Crippen LogP contribution in [0.15, 0.2) is 18.2 Å². The fraction of sp³-hybridized carbons (Fsp3) is 0.500. The summed E-state index contributed by atoms with van der Waals surface area (Å²) in [6, 6.07) is 3.03. The zero-order valence-corrected chi connectivity index (χ0v) is 9.68. The number of halogens is 4. The van der Waals surface area contributed by atoms with Gasteiger partial charge in [0.25, 0.3) is 0 Å². The van der Waals surface area contributed by atoms with E-state index in [0.29, 0.717) is 12.1 Å². The quantitative estimate of drug-likeness (QED) is 0.814. The summed E-state index contributed by atoms with van der Waals surface area (Å²) < 4.78 is 50.4. The van der Waals surface area contributed by atoms with Gasteiger partial charge in [0, 0.05) is 0 Å². The minimum absolute atomic E-state index is 0.0724. The van der Waals surface area contributed by atoms with Gasteiger partial charge in [-0.3, -0.25) is 0 Å². The Bertz CT molecular complexity index is 387. The Morgan fingerprint density at radius 2 is 1.82 bits per heavy atom. The lowest BCUT2D eigenvalue weighted by molar-refractivity contribution is -0.140. The fourth-order valence-electron chi connectivity index (χ4n) is 1.58. The molecule has 2 unspecified atom stereocenters. The second-order valence-corrected chi connectivity index (χ2v) is 4.24. The summed E-state index contributed by atoms with van der Waals surface area (Å²) in [6.45, 7) is 4.10. The Morgan fingerprint density at radius 1 is 1.24 bits per heavy atom. The maximum Gasteiger partial charge on any atom is 0.419 e. The first-order valence-corrected chi connectivity index (χ1v) is 5.34. The molecule has 1 aromatic rings. The van der Waals surface area contributed by atoms with Crippen LogP contribution in [-0.4, -0.2) is 6.54 Å². The molecular weight excluding hydrogens is 234 g/mol. The van der Waals surface area contributed by atoms with E-state index < -0.39 is 17.6 Å². The average Bonchev–Trinajstić information content (AvgIpc) is 2.25. The summed E-state index contributed by atoms with van der Waals surface area (Å²) >= 11 is 0. The molecule has 5 heteroatoms. The Morgan fingerprint density at radius 3 is 2.24 bits per heavy atom. The zero-order valence-electron chi connectivity index (χ0n) is 9.68. The first-order chi connectivity index (χ1) is 7.77. The Kier molecular flexibility index (Phi) is 4.14. The molecule has 1 nitrogen and oxygen atoms in total. The van der Waals surface area contributed by atoms with Gasteiger partial charge < -0.3 is 5.73 Å². The van der Waals surface area contributed by atoms with Crippen LogP contribution >= 0.6 is 0 Å². The molecule has 0 radical (unpaired) electrons. The maximum absolute atomic E-state index is 13.3. The van der Waals surface area contributed by atoms with E-state index in [1.54, 1.807) is 0 Å². The molecule has 0 heterocycles. The highest BCUT2D eigenvalue weighted by Crippen LogP contribution is 2.33. The average molecular weight is 249 g/mol. The number of nitrogens with two attached hydrogens (primary N) is 1. The van der Waals surface area contributed by atoms with Crippen molar-refractivity contribution < 1.29 is 17.6 Å². The largest absolute Gasteiger partial charge is 0.419 e. The first-order valence-electron chi connectivity index (χ1n) is 5.34. The third-order valence-corrected chi connectivity index (χ3v) is 3.05. The number of rotatable bonds is 3. The van der Waals surface area contributed by atoms with Gasteiger partial charge in [0.05, 0.1) is 5.56 Å². The van der Waals surface area contributed by atoms with Gasteiger partial charge >= 0.3 is 6.18 Å². The first kappa shape index (κ1) is 14.0. The van der Waals surface area contributed by atoms with E-state index in [4.69, 9.17) is 5.73 Å². The van der Waals surface area contributed by atoms with E-state index in [1.165, 1.54) is 6.07 Å². The molecule has 0 amide bonds. The molecule has 0 aromatic heterocycles. The molecule has 1 rings (SSSR count). The lowest BCUT2D eigenvalue weighted by Crippen LogP contribution is -2.17. The molecular formula is C12H15F4N. The fourth-order valence-corrected chi connectivity index (χ4v) is 1.58. The smallest absolute Gasteiger partial charge is 0.330 e. The van der Waals surface area contributed by atoms with Crippen LogP contribution in [0.25, 0.3) is 0 Å². The van der Waals surface area contributed by atoms with Gasteiger partial charge in [-0.05, 0) is 36.1 Å². The predicted molar refractivity (Wildman–Crippen MR) is 58.0 cm³/mol. The van der Waals surface area contributed by atoms with Crippen molar-refractivity contribution in [3.63, 3.8) is 0 Å². The number of benzene rings is 1. The van der Waals surface area contributed by atoms with Crippen LogP contribution in [-0.2, 0) is 6.18 Å². The van der Waals surface area contributed by atoms with E-state index in [1.807, 2.05) is 13.8 Å². The third-order valence-electron chi connectivity index (χ3n) is 3.05. The van der Waals surface area contributed by atoms with Crippen LogP contribution in [0.4, 0.5) is 17.6 Å².